The van der Waals surface area contributed by atoms with Crippen LogP contribution in [0.3, 0.4) is 0 Å². The van der Waals surface area contributed by atoms with Gasteiger partial charge in [0.1, 0.15) is 6.04 Å². The van der Waals surface area contributed by atoms with Gasteiger partial charge in [0.05, 0.1) is 17.5 Å². The van der Waals surface area contributed by atoms with Crippen LogP contribution in [0.25, 0.3) is 0 Å². The number of thiophene rings is 1. The fraction of sp³-hybridized carbons (Fsp3) is 0.520. The molecule has 2 fully saturated rings. The second-order valence-electron chi connectivity index (χ2n) is 9.57. The van der Waals surface area contributed by atoms with Gasteiger partial charge in [-0.05, 0) is 59.3 Å². The number of hydrogen-bond donors (Lipinski definition) is 2. The van der Waals surface area contributed by atoms with Crippen LogP contribution in [0.15, 0.2) is 45.3 Å². The first-order valence-corrected chi connectivity index (χ1v) is 15.6. The summed E-state index contributed by atoms with van der Waals surface area (Å²) in [6.45, 7) is -0.181. The number of halogens is 1. The third-order valence-electron chi connectivity index (χ3n) is 6.89. The number of aromatic nitrogens is 1. The van der Waals surface area contributed by atoms with Crippen molar-refractivity contribution in [2.45, 2.75) is 68.5 Å². The summed E-state index contributed by atoms with van der Waals surface area (Å²) in [6.07, 6.45) is 8.03. The topological polar surface area (TPSA) is 126 Å². The highest BCUT2D eigenvalue weighted by Crippen LogP contribution is 2.28. The lowest BCUT2D eigenvalue weighted by Gasteiger charge is -2.27. The molecule has 0 aromatic carbocycles. The average molecular weight is 612 g/mol. The van der Waals surface area contributed by atoms with Crippen molar-refractivity contribution in [2.24, 2.45) is 5.92 Å². The van der Waals surface area contributed by atoms with Gasteiger partial charge in [0.2, 0.25) is 5.91 Å². The summed E-state index contributed by atoms with van der Waals surface area (Å²) in [6, 6.07) is 4.71. The third-order valence-corrected chi connectivity index (χ3v) is 10.3. The van der Waals surface area contributed by atoms with Gasteiger partial charge in [-0.25, -0.2) is 13.4 Å². The molecule has 2 aromatic heterocycles. The smallest absolute Gasteiger partial charge is 0.262 e. The number of carbonyl (C=O) groups excluding carboxylic acids is 3. The Labute approximate surface area is 229 Å². The van der Waals surface area contributed by atoms with Crippen molar-refractivity contribution in [3.8, 4) is 0 Å². The Bertz CT molecular complexity index is 1210. The van der Waals surface area contributed by atoms with Crippen molar-refractivity contribution >= 4 is 54.9 Å². The number of Topliss-reactive ketones (excluding diaryl/α,β-unsaturated/α-hetero) is 1. The monoisotopic (exact) mass is 610 g/mol. The standard InChI is InChI=1S/C25H31BrN4O5S2/c26-18-14-22(36-16-18)25(33)29-20(13-17-7-2-1-3-8-17)24(32)28-19-9-6-12-30(15-21(19)31)37(34,35)23-10-4-5-11-27-23/h4-5,10-11,14,16-17,19-20H,1-3,6-9,12-13,15H2,(H,28,32)(H,29,33)/t19-,20?/m0/s1. The molecule has 2 aromatic rings. The number of ketones is 1. The molecule has 0 spiro atoms. The fourth-order valence-corrected chi connectivity index (χ4v) is 7.61. The number of pyridine rings is 1. The van der Waals surface area contributed by atoms with Crippen LogP contribution in [-0.4, -0.2) is 60.5 Å². The molecule has 0 bridgehead atoms. The van der Waals surface area contributed by atoms with E-state index in [2.05, 4.69) is 31.5 Å². The van der Waals surface area contributed by atoms with E-state index < -0.39 is 28.0 Å². The summed E-state index contributed by atoms with van der Waals surface area (Å²) < 4.78 is 27.9. The van der Waals surface area contributed by atoms with Gasteiger partial charge in [0.15, 0.2) is 10.8 Å². The highest BCUT2D eigenvalue weighted by Gasteiger charge is 2.35. The van der Waals surface area contributed by atoms with Gasteiger partial charge in [0, 0.05) is 22.6 Å². The summed E-state index contributed by atoms with van der Waals surface area (Å²) in [7, 11) is -3.92. The molecule has 0 radical (unpaired) electrons. The number of sulfonamides is 1. The first-order chi connectivity index (χ1) is 17.7. The van der Waals surface area contributed by atoms with Crippen molar-refractivity contribution in [3.05, 3.63) is 45.2 Å². The lowest BCUT2D eigenvalue weighted by molar-refractivity contribution is -0.129. The molecule has 2 atom stereocenters. The minimum Gasteiger partial charge on any atom is -0.344 e. The van der Waals surface area contributed by atoms with Gasteiger partial charge in [-0.15, -0.1) is 11.3 Å². The highest BCUT2D eigenvalue weighted by molar-refractivity contribution is 9.10. The maximum atomic E-state index is 13.4. The van der Waals surface area contributed by atoms with Crippen molar-refractivity contribution in [2.75, 3.05) is 13.1 Å². The van der Waals surface area contributed by atoms with E-state index in [0.29, 0.717) is 30.1 Å². The largest absolute Gasteiger partial charge is 0.344 e. The molecule has 200 valence electrons. The van der Waals surface area contributed by atoms with E-state index in [1.54, 1.807) is 23.6 Å². The molecular formula is C25H31BrN4O5S2. The van der Waals surface area contributed by atoms with Crippen LogP contribution in [0.2, 0.25) is 0 Å². The highest BCUT2D eigenvalue weighted by atomic mass is 79.9. The summed E-state index contributed by atoms with van der Waals surface area (Å²) >= 11 is 4.64. The van der Waals surface area contributed by atoms with Crippen LogP contribution in [0.5, 0.6) is 0 Å². The molecule has 2 amide bonds. The van der Waals surface area contributed by atoms with Gasteiger partial charge >= 0.3 is 0 Å². The maximum absolute atomic E-state index is 13.4. The molecule has 2 aliphatic rings. The number of nitrogens with zero attached hydrogens (tertiary/aromatic N) is 2. The van der Waals surface area contributed by atoms with Crippen LogP contribution >= 0.6 is 27.3 Å². The SMILES string of the molecule is O=C(NC(CC1CCCCC1)C(=O)N[C@H]1CCCN(S(=O)(=O)c2ccccn2)CC1=O)c1cc(Br)cs1. The number of hydrogen-bond acceptors (Lipinski definition) is 7. The molecule has 3 heterocycles. The Morgan fingerprint density at radius 1 is 1.16 bits per heavy atom. The second kappa shape index (κ2) is 12.6. The first-order valence-electron chi connectivity index (χ1n) is 12.5. The summed E-state index contributed by atoms with van der Waals surface area (Å²) in [5.74, 6) is -0.792. The van der Waals surface area contributed by atoms with E-state index in [9.17, 15) is 22.8 Å². The van der Waals surface area contributed by atoms with E-state index >= 15 is 0 Å². The Kier molecular flexibility index (Phi) is 9.49. The van der Waals surface area contributed by atoms with Crippen molar-refractivity contribution < 1.29 is 22.8 Å². The normalized spacial score (nSPS) is 20.7. The van der Waals surface area contributed by atoms with E-state index in [0.717, 1.165) is 34.5 Å². The second-order valence-corrected chi connectivity index (χ2v) is 13.3. The zero-order valence-corrected chi connectivity index (χ0v) is 23.6. The van der Waals surface area contributed by atoms with E-state index in [-0.39, 0.29) is 29.8 Å². The van der Waals surface area contributed by atoms with Crippen LogP contribution in [0.1, 0.15) is 61.0 Å². The number of rotatable bonds is 8. The van der Waals surface area contributed by atoms with Crippen LogP contribution in [0.4, 0.5) is 0 Å². The van der Waals surface area contributed by atoms with E-state index in [4.69, 9.17) is 0 Å². The summed E-state index contributed by atoms with van der Waals surface area (Å²) in [5.41, 5.74) is 0. The van der Waals surface area contributed by atoms with Crippen LogP contribution < -0.4 is 10.6 Å². The minimum absolute atomic E-state index is 0.110. The molecule has 37 heavy (non-hydrogen) atoms. The van der Waals surface area contributed by atoms with E-state index in [1.165, 1.54) is 30.0 Å². The average Bonchev–Trinajstić information content (AvgIpc) is 3.25. The van der Waals surface area contributed by atoms with Crippen LogP contribution in [0, 0.1) is 5.92 Å². The Morgan fingerprint density at radius 3 is 2.62 bits per heavy atom. The molecule has 12 heteroatoms. The molecule has 1 aliphatic carbocycles. The van der Waals surface area contributed by atoms with Crippen molar-refractivity contribution in [1.82, 2.24) is 19.9 Å². The molecule has 1 saturated heterocycles. The molecule has 4 rings (SSSR count). The van der Waals surface area contributed by atoms with Gasteiger partial charge < -0.3 is 10.6 Å². The lowest BCUT2D eigenvalue weighted by atomic mass is 9.84. The van der Waals surface area contributed by atoms with Gasteiger partial charge in [-0.3, -0.25) is 14.4 Å². The zero-order chi connectivity index (χ0) is 26.4. The first kappa shape index (κ1) is 27.9. The number of nitrogens with one attached hydrogen (secondary N) is 2. The molecule has 2 N–H and O–H groups in total. The quantitative estimate of drug-likeness (QED) is 0.471. The maximum Gasteiger partial charge on any atom is 0.262 e. The van der Waals surface area contributed by atoms with Gasteiger partial charge in [0.25, 0.3) is 15.9 Å². The molecule has 1 unspecified atom stereocenters. The van der Waals surface area contributed by atoms with Gasteiger partial charge in [-0.2, -0.15) is 4.31 Å². The minimum atomic E-state index is -3.92. The summed E-state index contributed by atoms with van der Waals surface area (Å²) in [4.78, 5) is 43.7. The Balaban J connectivity index is 1.44. The van der Waals surface area contributed by atoms with Crippen LogP contribution in [-0.2, 0) is 19.6 Å². The lowest BCUT2D eigenvalue weighted by Crippen LogP contribution is -2.53. The molecule has 1 saturated carbocycles. The van der Waals surface area contributed by atoms with Crippen molar-refractivity contribution in [3.63, 3.8) is 0 Å². The molecular weight excluding hydrogens is 580 g/mol. The Hall–Kier alpha value is -2.15. The predicted octanol–water partition coefficient (Wildman–Crippen LogP) is 3.51. The third kappa shape index (κ3) is 7.24. The zero-order valence-electron chi connectivity index (χ0n) is 20.4. The number of carbonyl (C=O) groups is 3. The van der Waals surface area contributed by atoms with E-state index in [1.807, 2.05) is 0 Å². The molecule has 9 nitrogen and oxygen atoms in total. The van der Waals surface area contributed by atoms with Gasteiger partial charge in [-0.1, -0.05) is 38.2 Å². The molecule has 1 aliphatic heterocycles. The Morgan fingerprint density at radius 2 is 1.95 bits per heavy atom. The number of amides is 2. The predicted molar refractivity (Wildman–Crippen MR) is 144 cm³/mol. The fourth-order valence-electron chi connectivity index (χ4n) is 4.91. The van der Waals surface area contributed by atoms with Crippen molar-refractivity contribution in [1.29, 1.82) is 0 Å². The summed E-state index contributed by atoms with van der Waals surface area (Å²) in [5, 5.41) is 7.40.